The van der Waals surface area contributed by atoms with Crippen molar-refractivity contribution in [3.63, 3.8) is 0 Å². The summed E-state index contributed by atoms with van der Waals surface area (Å²) in [5.74, 6) is 2.23. The quantitative estimate of drug-likeness (QED) is 0.829. The Labute approximate surface area is 120 Å². The Hall–Kier alpha value is -0.940. The lowest BCUT2D eigenvalue weighted by Crippen LogP contribution is -2.45. The van der Waals surface area contributed by atoms with E-state index in [1.807, 2.05) is 0 Å². The Morgan fingerprint density at radius 3 is 2.75 bits per heavy atom. The average Bonchev–Trinajstić information content (AvgIpc) is 3.15. The SMILES string of the molecule is CCN(Cc1nc(C2CC2)no1)[C@H]1CCOC(C)(C)C1. The van der Waals surface area contributed by atoms with Crippen LogP contribution >= 0.6 is 0 Å². The van der Waals surface area contributed by atoms with Gasteiger partial charge in [-0.25, -0.2) is 0 Å². The molecule has 0 radical (unpaired) electrons. The fourth-order valence-corrected chi connectivity index (χ4v) is 3.02. The van der Waals surface area contributed by atoms with Crippen molar-refractivity contribution >= 4 is 0 Å². The van der Waals surface area contributed by atoms with Crippen LogP contribution in [0.4, 0.5) is 0 Å². The molecule has 20 heavy (non-hydrogen) atoms. The Morgan fingerprint density at radius 2 is 2.10 bits per heavy atom. The van der Waals surface area contributed by atoms with Crippen LogP contribution in [0.5, 0.6) is 0 Å². The smallest absolute Gasteiger partial charge is 0.240 e. The second-order valence-corrected chi connectivity index (χ2v) is 6.64. The lowest BCUT2D eigenvalue weighted by Gasteiger charge is -2.40. The van der Waals surface area contributed by atoms with Gasteiger partial charge in [-0.3, -0.25) is 4.90 Å². The van der Waals surface area contributed by atoms with Crippen LogP contribution in [-0.2, 0) is 11.3 Å². The molecule has 1 saturated carbocycles. The molecule has 0 bridgehead atoms. The summed E-state index contributed by atoms with van der Waals surface area (Å²) >= 11 is 0. The zero-order valence-electron chi connectivity index (χ0n) is 12.8. The fraction of sp³-hybridized carbons (Fsp3) is 0.867. The molecule has 0 amide bonds. The molecule has 112 valence electrons. The van der Waals surface area contributed by atoms with E-state index in [-0.39, 0.29) is 5.60 Å². The van der Waals surface area contributed by atoms with E-state index in [0.29, 0.717) is 12.0 Å². The highest BCUT2D eigenvalue weighted by atomic mass is 16.5. The summed E-state index contributed by atoms with van der Waals surface area (Å²) in [7, 11) is 0. The first-order valence-corrected chi connectivity index (χ1v) is 7.78. The highest BCUT2D eigenvalue weighted by Gasteiger charge is 2.33. The van der Waals surface area contributed by atoms with Gasteiger partial charge in [-0.15, -0.1) is 0 Å². The highest BCUT2D eigenvalue weighted by Crippen LogP contribution is 2.38. The van der Waals surface area contributed by atoms with Crippen molar-refractivity contribution in [3.8, 4) is 0 Å². The standard InChI is InChI=1S/C15H25N3O2/c1-4-18(12-7-8-19-15(2,3)9-12)10-13-16-14(17-20-13)11-5-6-11/h11-12H,4-10H2,1-3H3/t12-/m0/s1. The first-order valence-electron chi connectivity index (χ1n) is 7.78. The van der Waals surface area contributed by atoms with Crippen molar-refractivity contribution in [2.24, 2.45) is 0 Å². The first-order chi connectivity index (χ1) is 9.57. The largest absolute Gasteiger partial charge is 0.375 e. The minimum Gasteiger partial charge on any atom is -0.375 e. The van der Waals surface area contributed by atoms with Crippen LogP contribution in [0.2, 0.25) is 0 Å². The molecule has 0 spiro atoms. The molecule has 1 saturated heterocycles. The molecule has 0 unspecified atom stereocenters. The van der Waals surface area contributed by atoms with Gasteiger partial charge in [0, 0.05) is 18.6 Å². The lowest BCUT2D eigenvalue weighted by molar-refractivity contribution is -0.0848. The van der Waals surface area contributed by atoms with Gasteiger partial charge in [0.25, 0.3) is 0 Å². The van der Waals surface area contributed by atoms with E-state index in [1.165, 1.54) is 12.8 Å². The number of aromatic nitrogens is 2. The summed E-state index contributed by atoms with van der Waals surface area (Å²) in [6.45, 7) is 9.14. The summed E-state index contributed by atoms with van der Waals surface area (Å²) in [6, 6.07) is 0.542. The third kappa shape index (κ3) is 3.20. The van der Waals surface area contributed by atoms with Gasteiger partial charge in [-0.2, -0.15) is 4.98 Å². The number of hydrogen-bond donors (Lipinski definition) is 0. The Bertz CT molecular complexity index is 454. The van der Waals surface area contributed by atoms with Crippen LogP contribution in [0.1, 0.15) is 64.1 Å². The first kappa shape index (κ1) is 14.0. The van der Waals surface area contributed by atoms with Crippen LogP contribution in [0.3, 0.4) is 0 Å². The van der Waals surface area contributed by atoms with E-state index in [2.05, 4.69) is 35.8 Å². The number of ether oxygens (including phenoxy) is 1. The van der Waals surface area contributed by atoms with Gasteiger partial charge in [-0.1, -0.05) is 12.1 Å². The monoisotopic (exact) mass is 279 g/mol. The molecule has 0 N–H and O–H groups in total. The Kier molecular flexibility index (Phi) is 3.82. The third-order valence-electron chi connectivity index (χ3n) is 4.36. The molecule has 2 aliphatic rings. The molecule has 1 aromatic heterocycles. The molecule has 0 aromatic carbocycles. The molecule has 1 aliphatic heterocycles. The van der Waals surface area contributed by atoms with Gasteiger partial charge >= 0.3 is 0 Å². The van der Waals surface area contributed by atoms with E-state index in [0.717, 1.165) is 44.3 Å². The summed E-state index contributed by atoms with van der Waals surface area (Å²) in [5, 5.41) is 4.10. The zero-order valence-corrected chi connectivity index (χ0v) is 12.8. The van der Waals surface area contributed by atoms with Crippen LogP contribution < -0.4 is 0 Å². The number of nitrogens with zero attached hydrogens (tertiary/aromatic N) is 3. The molecule has 1 aromatic rings. The number of rotatable bonds is 5. The highest BCUT2D eigenvalue weighted by molar-refractivity contribution is 5.03. The van der Waals surface area contributed by atoms with Gasteiger partial charge < -0.3 is 9.26 Å². The van der Waals surface area contributed by atoms with Crippen LogP contribution in [0.15, 0.2) is 4.52 Å². The minimum absolute atomic E-state index is 0.0235. The molecular weight excluding hydrogens is 254 g/mol. The topological polar surface area (TPSA) is 51.4 Å². The average molecular weight is 279 g/mol. The van der Waals surface area contributed by atoms with Gasteiger partial charge in [0.15, 0.2) is 5.82 Å². The maximum absolute atomic E-state index is 5.81. The normalized spacial score (nSPS) is 26.1. The predicted octanol–water partition coefficient (Wildman–Crippen LogP) is 2.73. The van der Waals surface area contributed by atoms with Crippen molar-refractivity contribution in [3.05, 3.63) is 11.7 Å². The van der Waals surface area contributed by atoms with Gasteiger partial charge in [0.1, 0.15) is 0 Å². The molecule has 5 nitrogen and oxygen atoms in total. The maximum atomic E-state index is 5.81. The van der Waals surface area contributed by atoms with Gasteiger partial charge in [0.2, 0.25) is 5.89 Å². The molecule has 2 fully saturated rings. The van der Waals surface area contributed by atoms with Crippen LogP contribution in [0, 0.1) is 0 Å². The third-order valence-corrected chi connectivity index (χ3v) is 4.36. The molecule has 1 atom stereocenters. The second-order valence-electron chi connectivity index (χ2n) is 6.64. The molecule has 2 heterocycles. The lowest BCUT2D eigenvalue weighted by atomic mass is 9.93. The van der Waals surface area contributed by atoms with Gasteiger partial charge in [0.05, 0.1) is 12.1 Å². The molecule has 1 aliphatic carbocycles. The minimum atomic E-state index is -0.0235. The summed E-state index contributed by atoms with van der Waals surface area (Å²) < 4.78 is 11.2. The summed E-state index contributed by atoms with van der Waals surface area (Å²) in [6.07, 6.45) is 4.57. The van der Waals surface area contributed by atoms with E-state index >= 15 is 0 Å². The van der Waals surface area contributed by atoms with E-state index < -0.39 is 0 Å². The zero-order chi connectivity index (χ0) is 14.2. The van der Waals surface area contributed by atoms with Crippen molar-refractivity contribution in [1.82, 2.24) is 15.0 Å². The van der Waals surface area contributed by atoms with Crippen LogP contribution in [0.25, 0.3) is 0 Å². The molecule has 5 heteroatoms. The van der Waals surface area contributed by atoms with E-state index in [1.54, 1.807) is 0 Å². The molecular formula is C15H25N3O2. The van der Waals surface area contributed by atoms with Crippen LogP contribution in [-0.4, -0.2) is 39.8 Å². The summed E-state index contributed by atoms with van der Waals surface area (Å²) in [5.41, 5.74) is -0.0235. The van der Waals surface area contributed by atoms with Crippen molar-refractivity contribution < 1.29 is 9.26 Å². The van der Waals surface area contributed by atoms with Crippen molar-refractivity contribution in [2.75, 3.05) is 13.2 Å². The summed E-state index contributed by atoms with van der Waals surface area (Å²) in [4.78, 5) is 6.98. The number of hydrogen-bond acceptors (Lipinski definition) is 5. The predicted molar refractivity (Wildman–Crippen MR) is 75.4 cm³/mol. The Morgan fingerprint density at radius 1 is 1.30 bits per heavy atom. The van der Waals surface area contributed by atoms with E-state index in [4.69, 9.17) is 9.26 Å². The molecule has 3 rings (SSSR count). The fourth-order valence-electron chi connectivity index (χ4n) is 3.02. The Balaban J connectivity index is 1.63. The van der Waals surface area contributed by atoms with Crippen molar-refractivity contribution in [2.45, 2.75) is 70.6 Å². The van der Waals surface area contributed by atoms with E-state index in [9.17, 15) is 0 Å². The maximum Gasteiger partial charge on any atom is 0.240 e. The van der Waals surface area contributed by atoms with Gasteiger partial charge in [-0.05, 0) is 46.1 Å². The second kappa shape index (κ2) is 5.45. The van der Waals surface area contributed by atoms with Crippen molar-refractivity contribution in [1.29, 1.82) is 0 Å².